The molecule has 0 saturated heterocycles. The predicted octanol–water partition coefficient (Wildman–Crippen LogP) is 7.86. The van der Waals surface area contributed by atoms with Gasteiger partial charge in [-0.1, -0.05) is 100 Å². The smallest absolute Gasteiger partial charge is 0.337 e. The van der Waals surface area contributed by atoms with Crippen LogP contribution in [0.2, 0.25) is 0 Å². The van der Waals surface area contributed by atoms with Crippen molar-refractivity contribution in [3.05, 3.63) is 153 Å². The van der Waals surface area contributed by atoms with Gasteiger partial charge in [-0.25, -0.2) is 28.8 Å². The van der Waals surface area contributed by atoms with Crippen LogP contribution in [-0.4, -0.2) is 66.5 Å². The van der Waals surface area contributed by atoms with Crippen molar-refractivity contribution in [2.45, 2.75) is 38.5 Å². The van der Waals surface area contributed by atoms with E-state index in [2.05, 4.69) is 0 Å². The first kappa shape index (κ1) is 38.2. The largest absolute Gasteiger partial charge is 0.478 e. The number of hydrogen-bond acceptors (Lipinski definition) is 6. The molecule has 5 aromatic carbocycles. The molecule has 0 atom stereocenters. The van der Waals surface area contributed by atoms with Crippen LogP contribution < -0.4 is 0 Å². The molecule has 0 aromatic heterocycles. The molecule has 0 heterocycles. The normalized spacial score (nSPS) is 11.5. The summed E-state index contributed by atoms with van der Waals surface area (Å²) >= 11 is 0. The van der Waals surface area contributed by atoms with Crippen LogP contribution in [0.4, 0.5) is 0 Å². The second kappa shape index (κ2) is 14.2. The molecule has 12 nitrogen and oxygen atoms in total. The van der Waals surface area contributed by atoms with Crippen molar-refractivity contribution in [2.24, 2.45) is 0 Å². The Morgan fingerprint density at radius 1 is 0.389 bits per heavy atom. The second-order valence-corrected chi connectivity index (χ2v) is 13.7. The van der Waals surface area contributed by atoms with Gasteiger partial charge in [-0.3, -0.25) is 0 Å². The van der Waals surface area contributed by atoms with Crippen LogP contribution in [-0.2, 0) is 10.8 Å². The van der Waals surface area contributed by atoms with Crippen LogP contribution in [0.5, 0.6) is 0 Å². The maximum absolute atomic E-state index is 12.1. The van der Waals surface area contributed by atoms with E-state index in [4.69, 9.17) is 0 Å². The molecule has 54 heavy (non-hydrogen) atoms. The van der Waals surface area contributed by atoms with E-state index in [0.717, 1.165) is 46.5 Å². The SMILES string of the molecule is CC(C)(c1ccc(-c2cc(C(=O)O)cc(C(=O)O)c2C(=O)O)cc1)c1cccc(C(C)(C)c2ccc(-c3cc(C(=O)O)cc(C(=O)O)c3C(=O)O)cc2)c1. The molecule has 0 aliphatic rings. The third-order valence-electron chi connectivity index (χ3n) is 9.80. The highest BCUT2D eigenvalue weighted by Gasteiger charge is 2.30. The van der Waals surface area contributed by atoms with Crippen molar-refractivity contribution >= 4 is 35.8 Å². The van der Waals surface area contributed by atoms with Crippen LogP contribution in [0.3, 0.4) is 0 Å². The standard InChI is InChI=1S/C42H34O12/c1-41(2,25-12-8-21(9-13-25)29-16-23(35(43)44)18-31(37(47)48)33(29)39(51)52)27-6-5-7-28(20-27)42(3,4)26-14-10-22(11-15-26)30-17-24(36(45)46)19-32(38(49)50)34(30)40(53)54/h5-20H,1-4H3,(H,43,44)(H,45,46)(H,47,48)(H,49,50)(H,51,52)(H,53,54). The fourth-order valence-corrected chi connectivity index (χ4v) is 6.55. The first-order valence-corrected chi connectivity index (χ1v) is 16.3. The zero-order valence-electron chi connectivity index (χ0n) is 29.4. The number of hydrogen-bond donors (Lipinski definition) is 6. The Labute approximate surface area is 308 Å². The van der Waals surface area contributed by atoms with E-state index in [0.29, 0.717) is 11.1 Å². The fraction of sp³-hybridized carbons (Fsp3) is 0.143. The maximum atomic E-state index is 12.1. The van der Waals surface area contributed by atoms with Gasteiger partial charge in [0.2, 0.25) is 0 Å². The number of rotatable bonds is 12. The number of carbonyl (C=O) groups is 6. The summed E-state index contributed by atoms with van der Waals surface area (Å²) in [5.74, 6) is -8.97. The van der Waals surface area contributed by atoms with E-state index in [1.165, 1.54) is 0 Å². The predicted molar refractivity (Wildman–Crippen MR) is 196 cm³/mol. The van der Waals surface area contributed by atoms with Crippen LogP contribution in [0, 0.1) is 0 Å². The first-order valence-electron chi connectivity index (χ1n) is 16.3. The van der Waals surface area contributed by atoms with E-state index >= 15 is 0 Å². The van der Waals surface area contributed by atoms with E-state index in [1.54, 1.807) is 48.5 Å². The molecule has 274 valence electrons. The number of aromatic carboxylic acids is 6. The van der Waals surface area contributed by atoms with Crippen molar-refractivity contribution < 1.29 is 59.4 Å². The van der Waals surface area contributed by atoms with Gasteiger partial charge < -0.3 is 30.6 Å². The van der Waals surface area contributed by atoms with E-state index in [-0.39, 0.29) is 22.3 Å². The Hall–Kier alpha value is -7.08. The number of carboxylic acid groups (broad SMARTS) is 6. The number of benzene rings is 5. The lowest BCUT2D eigenvalue weighted by atomic mass is 9.73. The summed E-state index contributed by atoms with van der Waals surface area (Å²) in [6.45, 7) is 7.98. The molecule has 0 radical (unpaired) electrons. The Bertz CT molecular complexity index is 2220. The monoisotopic (exact) mass is 730 g/mol. The van der Waals surface area contributed by atoms with Crippen molar-refractivity contribution in [1.82, 2.24) is 0 Å². The molecule has 0 aliphatic heterocycles. The second-order valence-electron chi connectivity index (χ2n) is 13.7. The molecule has 0 saturated carbocycles. The molecule has 12 heteroatoms. The van der Waals surface area contributed by atoms with Crippen LogP contribution in [0.1, 0.15) is 112 Å². The van der Waals surface area contributed by atoms with Gasteiger partial charge in [-0.15, -0.1) is 0 Å². The molecular formula is C42H34O12. The highest BCUT2D eigenvalue weighted by molar-refractivity contribution is 6.10. The Morgan fingerprint density at radius 3 is 1.00 bits per heavy atom. The summed E-state index contributed by atoms with van der Waals surface area (Å²) in [6, 6.07) is 25.3. The van der Waals surface area contributed by atoms with Gasteiger partial charge in [0.1, 0.15) is 0 Å². The quantitative estimate of drug-likeness (QED) is 0.0722. The highest BCUT2D eigenvalue weighted by Crippen LogP contribution is 2.39. The van der Waals surface area contributed by atoms with Gasteiger partial charge in [-0.05, 0) is 68.8 Å². The molecule has 0 spiro atoms. The average Bonchev–Trinajstić information content (AvgIpc) is 3.13. The first-order chi connectivity index (χ1) is 25.2. The molecule has 6 N–H and O–H groups in total. The van der Waals surface area contributed by atoms with Crippen LogP contribution in [0.15, 0.2) is 97.1 Å². The van der Waals surface area contributed by atoms with Crippen molar-refractivity contribution in [2.75, 3.05) is 0 Å². The molecule has 0 fully saturated rings. The molecule has 0 unspecified atom stereocenters. The van der Waals surface area contributed by atoms with Gasteiger partial charge in [0.05, 0.1) is 33.4 Å². The maximum Gasteiger partial charge on any atom is 0.337 e. The molecular weight excluding hydrogens is 696 g/mol. The summed E-state index contributed by atoms with van der Waals surface area (Å²) in [5.41, 5.74) is -0.231. The third kappa shape index (κ3) is 7.04. The van der Waals surface area contributed by atoms with Gasteiger partial charge >= 0.3 is 35.8 Å². The Kier molecular flexibility index (Phi) is 10.00. The van der Waals surface area contributed by atoms with Gasteiger partial charge in [0.15, 0.2) is 0 Å². The minimum absolute atomic E-state index is 0.0463. The van der Waals surface area contributed by atoms with Gasteiger partial charge in [-0.2, -0.15) is 0 Å². The van der Waals surface area contributed by atoms with Crippen LogP contribution in [0.25, 0.3) is 22.3 Å². The van der Waals surface area contributed by atoms with Crippen LogP contribution >= 0.6 is 0 Å². The number of carboxylic acids is 6. The average molecular weight is 731 g/mol. The molecule has 5 rings (SSSR count). The molecule has 0 aliphatic carbocycles. The fourth-order valence-electron chi connectivity index (χ4n) is 6.55. The van der Waals surface area contributed by atoms with E-state index in [9.17, 15) is 59.4 Å². The molecule has 0 amide bonds. The summed E-state index contributed by atoms with van der Waals surface area (Å²) in [6.07, 6.45) is 0. The van der Waals surface area contributed by atoms with E-state index < -0.39 is 68.9 Å². The highest BCUT2D eigenvalue weighted by atomic mass is 16.4. The lowest BCUT2D eigenvalue weighted by molar-refractivity contribution is 0.0649. The van der Waals surface area contributed by atoms with Gasteiger partial charge in [0, 0.05) is 10.8 Å². The van der Waals surface area contributed by atoms with Crippen molar-refractivity contribution in [3.63, 3.8) is 0 Å². The summed E-state index contributed by atoms with van der Waals surface area (Å²) in [4.78, 5) is 71.5. The third-order valence-corrected chi connectivity index (χ3v) is 9.80. The summed E-state index contributed by atoms with van der Waals surface area (Å²) in [5, 5.41) is 58.2. The zero-order valence-corrected chi connectivity index (χ0v) is 29.4. The molecule has 0 bridgehead atoms. The Balaban J connectivity index is 1.50. The minimum Gasteiger partial charge on any atom is -0.478 e. The zero-order chi connectivity index (χ0) is 39.9. The minimum atomic E-state index is -1.57. The van der Waals surface area contributed by atoms with Gasteiger partial charge in [0.25, 0.3) is 0 Å². The summed E-state index contributed by atoms with van der Waals surface area (Å²) < 4.78 is 0. The lowest BCUT2D eigenvalue weighted by Crippen LogP contribution is -2.23. The Morgan fingerprint density at radius 2 is 0.722 bits per heavy atom. The summed E-state index contributed by atoms with van der Waals surface area (Å²) in [7, 11) is 0. The molecule has 5 aromatic rings. The van der Waals surface area contributed by atoms with E-state index in [1.807, 2.05) is 52.0 Å². The topological polar surface area (TPSA) is 224 Å². The van der Waals surface area contributed by atoms with Crippen molar-refractivity contribution in [1.29, 1.82) is 0 Å². The lowest BCUT2D eigenvalue weighted by Gasteiger charge is -2.31. The van der Waals surface area contributed by atoms with Crippen molar-refractivity contribution in [3.8, 4) is 22.3 Å².